The first kappa shape index (κ1) is 14.3. The third-order valence-corrected chi connectivity index (χ3v) is 3.56. The smallest absolute Gasteiger partial charge is 0.146 e. The van der Waals surface area contributed by atoms with E-state index in [-0.39, 0.29) is 5.82 Å². The fraction of sp³-hybridized carbons (Fsp3) is 0.143. The van der Waals surface area contributed by atoms with Gasteiger partial charge in [-0.1, -0.05) is 28.1 Å². The normalized spacial score (nSPS) is 10.3. The highest BCUT2D eigenvalue weighted by Crippen LogP contribution is 2.28. The van der Waals surface area contributed by atoms with Crippen molar-refractivity contribution in [2.45, 2.75) is 0 Å². The van der Waals surface area contributed by atoms with Crippen LogP contribution in [0.2, 0.25) is 0 Å². The highest BCUT2D eigenvalue weighted by Gasteiger charge is 2.02. The van der Waals surface area contributed by atoms with E-state index in [1.54, 1.807) is 18.2 Å². The number of nitrogens with one attached hydrogen (secondary N) is 1. The standard InChI is InChI=1S/C14H12Br2FNO/c15-10-5-6-14(11(16)9-10)19-8-7-18-13-4-2-1-3-12(13)17/h1-6,9,18H,7-8H2. The molecule has 0 bridgehead atoms. The van der Waals surface area contributed by atoms with Gasteiger partial charge in [0.25, 0.3) is 0 Å². The summed E-state index contributed by atoms with van der Waals surface area (Å²) in [5.41, 5.74) is 0.487. The van der Waals surface area contributed by atoms with Crippen molar-refractivity contribution >= 4 is 37.5 Å². The number of ether oxygens (including phenoxy) is 1. The van der Waals surface area contributed by atoms with Crippen molar-refractivity contribution in [2.24, 2.45) is 0 Å². The Kier molecular flexibility index (Phi) is 5.22. The van der Waals surface area contributed by atoms with E-state index in [0.29, 0.717) is 18.8 Å². The van der Waals surface area contributed by atoms with Crippen LogP contribution in [-0.2, 0) is 0 Å². The van der Waals surface area contributed by atoms with Gasteiger partial charge in [0.15, 0.2) is 0 Å². The summed E-state index contributed by atoms with van der Waals surface area (Å²) < 4.78 is 20.8. The Labute approximate surface area is 128 Å². The van der Waals surface area contributed by atoms with Gasteiger partial charge in [-0.25, -0.2) is 4.39 Å². The summed E-state index contributed by atoms with van der Waals surface area (Å²) in [4.78, 5) is 0. The Balaban J connectivity index is 1.83. The van der Waals surface area contributed by atoms with E-state index in [0.717, 1.165) is 14.7 Å². The fourth-order valence-electron chi connectivity index (χ4n) is 1.54. The number of halogens is 3. The lowest BCUT2D eigenvalue weighted by atomic mass is 10.3. The molecule has 0 saturated heterocycles. The third kappa shape index (κ3) is 4.21. The lowest BCUT2D eigenvalue weighted by Crippen LogP contribution is -2.12. The van der Waals surface area contributed by atoms with Crippen molar-refractivity contribution in [3.63, 3.8) is 0 Å². The molecule has 2 aromatic carbocycles. The maximum absolute atomic E-state index is 13.3. The predicted molar refractivity (Wildman–Crippen MR) is 82.2 cm³/mol. The van der Waals surface area contributed by atoms with Gasteiger partial charge < -0.3 is 10.1 Å². The van der Waals surface area contributed by atoms with Gasteiger partial charge in [-0.3, -0.25) is 0 Å². The van der Waals surface area contributed by atoms with Crippen LogP contribution in [0.1, 0.15) is 0 Å². The molecule has 0 spiro atoms. The van der Waals surface area contributed by atoms with Crippen LogP contribution in [0, 0.1) is 5.82 Å². The molecule has 0 heterocycles. The number of benzene rings is 2. The number of anilines is 1. The summed E-state index contributed by atoms with van der Waals surface area (Å²) in [5, 5.41) is 2.99. The summed E-state index contributed by atoms with van der Waals surface area (Å²) >= 11 is 6.80. The molecule has 0 aliphatic carbocycles. The SMILES string of the molecule is Fc1ccccc1NCCOc1ccc(Br)cc1Br. The van der Waals surface area contributed by atoms with Crippen LogP contribution in [0.5, 0.6) is 5.75 Å². The Hall–Kier alpha value is -1.07. The first-order chi connectivity index (χ1) is 9.16. The molecule has 0 amide bonds. The lowest BCUT2D eigenvalue weighted by Gasteiger charge is -2.10. The summed E-state index contributed by atoms with van der Waals surface area (Å²) in [5.74, 6) is 0.505. The Bertz CT molecular complexity index is 563. The second kappa shape index (κ2) is 6.91. The average molecular weight is 389 g/mol. The van der Waals surface area contributed by atoms with Crippen molar-refractivity contribution in [3.05, 3.63) is 57.2 Å². The summed E-state index contributed by atoms with van der Waals surface area (Å²) in [6, 6.07) is 12.3. The van der Waals surface area contributed by atoms with Crippen LogP contribution in [0.4, 0.5) is 10.1 Å². The van der Waals surface area contributed by atoms with Crippen LogP contribution < -0.4 is 10.1 Å². The molecule has 0 aliphatic rings. The molecule has 0 atom stereocenters. The average Bonchev–Trinajstić information content (AvgIpc) is 2.38. The van der Waals surface area contributed by atoms with Gasteiger partial charge in [-0.2, -0.15) is 0 Å². The first-order valence-electron chi connectivity index (χ1n) is 5.73. The predicted octanol–water partition coefficient (Wildman–Crippen LogP) is 4.84. The fourth-order valence-corrected chi connectivity index (χ4v) is 2.71. The van der Waals surface area contributed by atoms with Crippen LogP contribution in [0.15, 0.2) is 51.4 Å². The highest BCUT2D eigenvalue weighted by atomic mass is 79.9. The van der Waals surface area contributed by atoms with E-state index in [4.69, 9.17) is 4.74 Å². The van der Waals surface area contributed by atoms with Crippen molar-refractivity contribution < 1.29 is 9.13 Å². The maximum Gasteiger partial charge on any atom is 0.146 e. The van der Waals surface area contributed by atoms with E-state index in [9.17, 15) is 4.39 Å². The van der Waals surface area contributed by atoms with Crippen molar-refractivity contribution in [3.8, 4) is 5.75 Å². The zero-order chi connectivity index (χ0) is 13.7. The molecule has 100 valence electrons. The number of hydrogen-bond acceptors (Lipinski definition) is 2. The zero-order valence-electron chi connectivity index (χ0n) is 10.00. The van der Waals surface area contributed by atoms with Gasteiger partial charge in [0.05, 0.1) is 10.2 Å². The van der Waals surface area contributed by atoms with Crippen LogP contribution in [-0.4, -0.2) is 13.2 Å². The number of hydrogen-bond donors (Lipinski definition) is 1. The Morgan fingerprint density at radius 3 is 2.63 bits per heavy atom. The number of para-hydroxylation sites is 1. The van der Waals surface area contributed by atoms with Gasteiger partial charge >= 0.3 is 0 Å². The van der Waals surface area contributed by atoms with Crippen molar-refractivity contribution in [2.75, 3.05) is 18.5 Å². The molecule has 2 rings (SSSR count). The van der Waals surface area contributed by atoms with Gasteiger partial charge in [-0.05, 0) is 46.3 Å². The Morgan fingerprint density at radius 1 is 1.11 bits per heavy atom. The van der Waals surface area contributed by atoms with E-state index >= 15 is 0 Å². The minimum absolute atomic E-state index is 0.257. The molecule has 5 heteroatoms. The molecule has 0 radical (unpaired) electrons. The van der Waals surface area contributed by atoms with Gasteiger partial charge in [0, 0.05) is 11.0 Å². The van der Waals surface area contributed by atoms with E-state index < -0.39 is 0 Å². The molecular weight excluding hydrogens is 377 g/mol. The molecule has 2 aromatic rings. The lowest BCUT2D eigenvalue weighted by molar-refractivity contribution is 0.330. The van der Waals surface area contributed by atoms with E-state index in [1.807, 2.05) is 18.2 Å². The van der Waals surface area contributed by atoms with Crippen molar-refractivity contribution in [1.82, 2.24) is 0 Å². The molecule has 0 fully saturated rings. The maximum atomic E-state index is 13.3. The summed E-state index contributed by atoms with van der Waals surface area (Å²) in [6.45, 7) is 0.984. The number of rotatable bonds is 5. The minimum Gasteiger partial charge on any atom is -0.491 e. The summed E-state index contributed by atoms with van der Waals surface area (Å²) in [6.07, 6.45) is 0. The molecule has 0 unspecified atom stereocenters. The second-order valence-corrected chi connectivity index (χ2v) is 5.60. The molecule has 2 nitrogen and oxygen atoms in total. The van der Waals surface area contributed by atoms with Crippen LogP contribution >= 0.6 is 31.9 Å². The van der Waals surface area contributed by atoms with E-state index in [1.165, 1.54) is 6.07 Å². The highest BCUT2D eigenvalue weighted by molar-refractivity contribution is 9.11. The Morgan fingerprint density at radius 2 is 1.89 bits per heavy atom. The second-order valence-electron chi connectivity index (χ2n) is 3.83. The molecule has 1 N–H and O–H groups in total. The minimum atomic E-state index is -0.257. The van der Waals surface area contributed by atoms with Gasteiger partial charge in [-0.15, -0.1) is 0 Å². The topological polar surface area (TPSA) is 21.3 Å². The third-order valence-electron chi connectivity index (χ3n) is 2.44. The van der Waals surface area contributed by atoms with Gasteiger partial charge in [0.1, 0.15) is 18.2 Å². The zero-order valence-corrected chi connectivity index (χ0v) is 13.2. The molecule has 0 aromatic heterocycles. The largest absolute Gasteiger partial charge is 0.491 e. The van der Waals surface area contributed by atoms with Crippen LogP contribution in [0.3, 0.4) is 0 Å². The quantitative estimate of drug-likeness (QED) is 0.740. The molecular formula is C14H12Br2FNO. The monoisotopic (exact) mass is 387 g/mol. The van der Waals surface area contributed by atoms with E-state index in [2.05, 4.69) is 37.2 Å². The van der Waals surface area contributed by atoms with Crippen molar-refractivity contribution in [1.29, 1.82) is 0 Å². The summed E-state index contributed by atoms with van der Waals surface area (Å²) in [7, 11) is 0. The first-order valence-corrected chi connectivity index (χ1v) is 7.31. The molecule has 0 saturated carbocycles. The molecule has 0 aliphatic heterocycles. The van der Waals surface area contributed by atoms with Crippen LogP contribution in [0.25, 0.3) is 0 Å². The van der Waals surface area contributed by atoms with Gasteiger partial charge in [0.2, 0.25) is 0 Å². The molecule has 19 heavy (non-hydrogen) atoms.